The average molecular weight is 443 g/mol. The van der Waals surface area contributed by atoms with Crippen LogP contribution >= 0.6 is 23.4 Å². The third-order valence-corrected chi connectivity index (χ3v) is 5.50. The number of thioether (sulfide) groups is 1. The number of carbonyl (C=O) groups excluding carboxylic acids is 1. The van der Waals surface area contributed by atoms with Crippen LogP contribution in [-0.2, 0) is 17.9 Å². The maximum absolute atomic E-state index is 12.3. The van der Waals surface area contributed by atoms with Gasteiger partial charge < -0.3 is 10.1 Å². The number of hydrogen-bond donors (Lipinski definition) is 1. The standard InChI is InChI=1S/C22H23ClN4O2S/c1-4-11-27-19(13-29-21-15(2)7-5-8-16(21)3)25-26-22(27)30-14-20(28)24-18-10-6-9-17(23)12-18/h4-10,12H,1,11,13-14H2,2-3H3,(H,24,28). The van der Waals surface area contributed by atoms with Crippen LogP contribution in [0, 0.1) is 13.8 Å². The van der Waals surface area contributed by atoms with Crippen molar-refractivity contribution in [2.45, 2.75) is 32.2 Å². The van der Waals surface area contributed by atoms with E-state index in [0.717, 1.165) is 16.9 Å². The zero-order valence-electron chi connectivity index (χ0n) is 16.9. The monoisotopic (exact) mass is 442 g/mol. The van der Waals surface area contributed by atoms with Crippen LogP contribution in [0.4, 0.5) is 5.69 Å². The minimum Gasteiger partial charge on any atom is -0.485 e. The van der Waals surface area contributed by atoms with Gasteiger partial charge in [0.05, 0.1) is 5.75 Å². The number of aromatic nitrogens is 3. The number of ether oxygens (including phenoxy) is 1. The second kappa shape index (κ2) is 10.3. The van der Waals surface area contributed by atoms with Gasteiger partial charge in [0, 0.05) is 17.3 Å². The Bertz CT molecular complexity index is 1030. The number of para-hydroxylation sites is 1. The van der Waals surface area contributed by atoms with Gasteiger partial charge in [0.1, 0.15) is 12.4 Å². The van der Waals surface area contributed by atoms with E-state index < -0.39 is 0 Å². The smallest absolute Gasteiger partial charge is 0.234 e. The highest BCUT2D eigenvalue weighted by Gasteiger charge is 2.15. The van der Waals surface area contributed by atoms with Crippen molar-refractivity contribution in [3.8, 4) is 5.75 Å². The third-order valence-electron chi connectivity index (χ3n) is 4.30. The lowest BCUT2D eigenvalue weighted by molar-refractivity contribution is -0.113. The number of hydrogen-bond acceptors (Lipinski definition) is 5. The molecule has 0 aliphatic carbocycles. The minimum absolute atomic E-state index is 0.149. The summed E-state index contributed by atoms with van der Waals surface area (Å²) in [6.45, 7) is 8.63. The molecule has 1 aromatic heterocycles. The van der Waals surface area contributed by atoms with Gasteiger partial charge in [-0.2, -0.15) is 0 Å². The van der Waals surface area contributed by atoms with E-state index in [1.165, 1.54) is 11.8 Å². The summed E-state index contributed by atoms with van der Waals surface area (Å²) in [6, 6.07) is 13.1. The lowest BCUT2D eigenvalue weighted by Gasteiger charge is -2.12. The summed E-state index contributed by atoms with van der Waals surface area (Å²) in [5.74, 6) is 1.57. The van der Waals surface area contributed by atoms with Gasteiger partial charge in [-0.15, -0.1) is 16.8 Å². The number of allylic oxidation sites excluding steroid dienone is 1. The van der Waals surface area contributed by atoms with Gasteiger partial charge in [-0.25, -0.2) is 0 Å². The number of rotatable bonds is 9. The van der Waals surface area contributed by atoms with Crippen molar-refractivity contribution in [3.63, 3.8) is 0 Å². The van der Waals surface area contributed by atoms with Gasteiger partial charge in [0.15, 0.2) is 11.0 Å². The van der Waals surface area contributed by atoms with Crippen molar-refractivity contribution in [2.75, 3.05) is 11.1 Å². The Morgan fingerprint density at radius 1 is 1.23 bits per heavy atom. The molecule has 1 N–H and O–H groups in total. The summed E-state index contributed by atoms with van der Waals surface area (Å²) in [7, 11) is 0. The van der Waals surface area contributed by atoms with Crippen molar-refractivity contribution in [2.24, 2.45) is 0 Å². The summed E-state index contributed by atoms with van der Waals surface area (Å²) in [5.41, 5.74) is 2.79. The molecule has 0 saturated heterocycles. The highest BCUT2D eigenvalue weighted by molar-refractivity contribution is 7.99. The Labute approximate surface area is 185 Å². The van der Waals surface area contributed by atoms with E-state index >= 15 is 0 Å². The molecule has 0 atom stereocenters. The largest absolute Gasteiger partial charge is 0.485 e. The third kappa shape index (κ3) is 5.64. The van der Waals surface area contributed by atoms with Gasteiger partial charge >= 0.3 is 0 Å². The molecule has 156 valence electrons. The normalized spacial score (nSPS) is 10.6. The second-order valence-corrected chi connectivity index (χ2v) is 8.03. The number of nitrogens with zero attached hydrogens (tertiary/aromatic N) is 3. The van der Waals surface area contributed by atoms with E-state index in [4.69, 9.17) is 16.3 Å². The first-order chi connectivity index (χ1) is 14.5. The molecule has 8 heteroatoms. The molecule has 3 aromatic rings. The molecule has 0 radical (unpaired) electrons. The van der Waals surface area contributed by atoms with E-state index in [0.29, 0.717) is 28.2 Å². The molecule has 0 saturated carbocycles. The lowest BCUT2D eigenvalue weighted by atomic mass is 10.1. The van der Waals surface area contributed by atoms with Crippen molar-refractivity contribution in [1.82, 2.24) is 14.8 Å². The predicted octanol–water partition coefficient (Wildman–Crippen LogP) is 5.04. The molecule has 3 rings (SSSR count). The van der Waals surface area contributed by atoms with Crippen molar-refractivity contribution >= 4 is 35.0 Å². The van der Waals surface area contributed by atoms with E-state index in [1.807, 2.05) is 36.6 Å². The van der Waals surface area contributed by atoms with Crippen LogP contribution in [0.25, 0.3) is 0 Å². The Morgan fingerprint density at radius 2 is 1.97 bits per heavy atom. The van der Waals surface area contributed by atoms with Crippen molar-refractivity contribution in [3.05, 3.63) is 77.1 Å². The first-order valence-corrected chi connectivity index (χ1v) is 10.7. The van der Waals surface area contributed by atoms with Crippen LogP contribution in [0.3, 0.4) is 0 Å². The van der Waals surface area contributed by atoms with E-state index in [-0.39, 0.29) is 18.3 Å². The molecule has 1 amide bonds. The Kier molecular flexibility index (Phi) is 7.54. The van der Waals surface area contributed by atoms with Gasteiger partial charge in [-0.3, -0.25) is 9.36 Å². The predicted molar refractivity (Wildman–Crippen MR) is 121 cm³/mol. The zero-order chi connectivity index (χ0) is 21.5. The summed E-state index contributed by atoms with van der Waals surface area (Å²) < 4.78 is 7.91. The van der Waals surface area contributed by atoms with Crippen LogP contribution in [-0.4, -0.2) is 26.4 Å². The molecule has 30 heavy (non-hydrogen) atoms. The summed E-state index contributed by atoms with van der Waals surface area (Å²) in [6.07, 6.45) is 1.77. The molecule has 2 aromatic carbocycles. The highest BCUT2D eigenvalue weighted by Crippen LogP contribution is 2.24. The molecule has 1 heterocycles. The number of benzene rings is 2. The quantitative estimate of drug-likeness (QED) is 0.371. The molecule has 6 nitrogen and oxygen atoms in total. The molecule has 0 fully saturated rings. The number of nitrogens with one attached hydrogen (secondary N) is 1. The highest BCUT2D eigenvalue weighted by atomic mass is 35.5. The van der Waals surface area contributed by atoms with Gasteiger partial charge in [0.2, 0.25) is 5.91 Å². The number of carbonyl (C=O) groups is 1. The molecule has 0 unspecified atom stereocenters. The Morgan fingerprint density at radius 3 is 2.67 bits per heavy atom. The van der Waals surface area contributed by atoms with Crippen LogP contribution in [0.2, 0.25) is 5.02 Å². The van der Waals surface area contributed by atoms with E-state index in [2.05, 4.69) is 22.1 Å². The van der Waals surface area contributed by atoms with Gasteiger partial charge in [-0.05, 0) is 43.2 Å². The number of aryl methyl sites for hydroxylation is 2. The molecule has 0 bridgehead atoms. The summed E-state index contributed by atoms with van der Waals surface area (Å²) >= 11 is 7.26. The topological polar surface area (TPSA) is 69.0 Å². The van der Waals surface area contributed by atoms with Crippen molar-refractivity contribution < 1.29 is 9.53 Å². The fraction of sp³-hybridized carbons (Fsp3) is 0.227. The van der Waals surface area contributed by atoms with Crippen molar-refractivity contribution in [1.29, 1.82) is 0 Å². The first kappa shape index (κ1) is 21.9. The van der Waals surface area contributed by atoms with E-state index in [9.17, 15) is 4.79 Å². The average Bonchev–Trinajstić information content (AvgIpc) is 3.08. The SMILES string of the molecule is C=CCn1c(COc2c(C)cccc2C)nnc1SCC(=O)Nc1cccc(Cl)c1. The Balaban J connectivity index is 1.65. The molecule has 0 spiro atoms. The minimum atomic E-state index is -0.149. The zero-order valence-corrected chi connectivity index (χ0v) is 18.5. The maximum Gasteiger partial charge on any atom is 0.234 e. The van der Waals surface area contributed by atoms with E-state index in [1.54, 1.807) is 30.3 Å². The molecule has 0 aliphatic rings. The summed E-state index contributed by atoms with van der Waals surface area (Å²) in [4.78, 5) is 12.3. The first-order valence-electron chi connectivity index (χ1n) is 9.38. The fourth-order valence-corrected chi connectivity index (χ4v) is 3.86. The molecular formula is C22H23ClN4O2S. The second-order valence-electron chi connectivity index (χ2n) is 6.65. The molecule has 0 aliphatic heterocycles. The van der Waals surface area contributed by atoms with Crippen LogP contribution < -0.4 is 10.1 Å². The maximum atomic E-state index is 12.3. The number of halogens is 1. The van der Waals surface area contributed by atoms with Gasteiger partial charge in [-0.1, -0.05) is 53.7 Å². The number of amides is 1. The van der Waals surface area contributed by atoms with Gasteiger partial charge in [0.25, 0.3) is 0 Å². The van der Waals surface area contributed by atoms with Crippen LogP contribution in [0.1, 0.15) is 17.0 Å². The molecular weight excluding hydrogens is 420 g/mol. The van der Waals surface area contributed by atoms with Crippen LogP contribution in [0.15, 0.2) is 60.3 Å². The Hall–Kier alpha value is -2.77. The fourth-order valence-electron chi connectivity index (χ4n) is 2.90. The summed E-state index contributed by atoms with van der Waals surface area (Å²) in [5, 5.41) is 12.5. The van der Waals surface area contributed by atoms with Crippen LogP contribution in [0.5, 0.6) is 5.75 Å². The number of anilines is 1. The lowest BCUT2D eigenvalue weighted by Crippen LogP contribution is -2.15.